The molecule has 9 heteroatoms. The third-order valence-electron chi connectivity index (χ3n) is 3.87. The van der Waals surface area contributed by atoms with Crippen LogP contribution < -0.4 is 15.6 Å². The van der Waals surface area contributed by atoms with Gasteiger partial charge in [0.05, 0.1) is 5.69 Å². The lowest BCUT2D eigenvalue weighted by molar-refractivity contribution is -0.117. The molecule has 2 amide bonds. The minimum Gasteiger partial charge on any atom is -0.434 e. The smallest absolute Gasteiger partial charge is 0.387 e. The van der Waals surface area contributed by atoms with Crippen molar-refractivity contribution in [2.75, 3.05) is 0 Å². The minimum atomic E-state index is -2.98. The molecule has 0 saturated carbocycles. The molecule has 0 radical (unpaired) electrons. The molecule has 0 spiro atoms. The zero-order valence-corrected chi connectivity index (χ0v) is 16.6. The number of amides is 2. The highest BCUT2D eigenvalue weighted by Gasteiger charge is 2.16. The maximum atomic E-state index is 12.4. The van der Waals surface area contributed by atoms with Crippen molar-refractivity contribution in [2.24, 2.45) is 0 Å². The number of thiazole rings is 1. The Balaban J connectivity index is 1.61. The average molecular weight is 429 g/mol. The van der Waals surface area contributed by atoms with Crippen molar-refractivity contribution in [3.8, 4) is 16.3 Å². The summed E-state index contributed by atoms with van der Waals surface area (Å²) in [6, 6.07) is 15.5. The molecule has 0 atom stereocenters. The van der Waals surface area contributed by atoms with Crippen LogP contribution in [-0.4, -0.2) is 23.4 Å². The van der Waals surface area contributed by atoms with Crippen molar-refractivity contribution in [2.45, 2.75) is 13.5 Å². The monoisotopic (exact) mass is 429 g/mol. The summed E-state index contributed by atoms with van der Waals surface area (Å²) >= 11 is 1.21. The Bertz CT molecular complexity index is 1070. The van der Waals surface area contributed by atoms with Gasteiger partial charge < -0.3 is 4.74 Å². The Kier molecular flexibility index (Phi) is 6.87. The van der Waals surface area contributed by atoms with E-state index in [2.05, 4.69) is 20.6 Å². The van der Waals surface area contributed by atoms with E-state index in [4.69, 9.17) is 0 Å². The Morgan fingerprint density at radius 3 is 2.50 bits per heavy atom. The van der Waals surface area contributed by atoms with E-state index in [0.29, 0.717) is 21.1 Å². The molecule has 2 aromatic carbocycles. The second kappa shape index (κ2) is 9.75. The van der Waals surface area contributed by atoms with E-state index in [9.17, 15) is 18.4 Å². The summed E-state index contributed by atoms with van der Waals surface area (Å²) in [5.74, 6) is -1.20. The molecule has 154 valence electrons. The Hall–Kier alpha value is -3.59. The molecule has 6 nitrogen and oxygen atoms in total. The van der Waals surface area contributed by atoms with E-state index < -0.39 is 18.4 Å². The van der Waals surface area contributed by atoms with Crippen LogP contribution in [0.5, 0.6) is 5.75 Å². The van der Waals surface area contributed by atoms with E-state index in [1.165, 1.54) is 35.6 Å². The van der Waals surface area contributed by atoms with Crippen molar-refractivity contribution in [3.63, 3.8) is 0 Å². The van der Waals surface area contributed by atoms with Crippen LogP contribution in [-0.2, 0) is 4.79 Å². The molecule has 0 aliphatic heterocycles. The van der Waals surface area contributed by atoms with Gasteiger partial charge in [0, 0.05) is 17.2 Å². The number of aryl methyl sites for hydroxylation is 1. The average Bonchev–Trinajstić information content (AvgIpc) is 3.13. The second-order valence-electron chi connectivity index (χ2n) is 5.99. The van der Waals surface area contributed by atoms with Gasteiger partial charge in [-0.2, -0.15) is 8.78 Å². The van der Waals surface area contributed by atoms with Gasteiger partial charge in [0.25, 0.3) is 11.8 Å². The molecule has 0 fully saturated rings. The summed E-state index contributed by atoms with van der Waals surface area (Å²) in [5.41, 5.74) is 6.30. The van der Waals surface area contributed by atoms with Gasteiger partial charge in [-0.25, -0.2) is 4.98 Å². The van der Waals surface area contributed by atoms with Crippen molar-refractivity contribution in [1.82, 2.24) is 15.8 Å². The largest absolute Gasteiger partial charge is 0.434 e. The number of hydrogen-bond donors (Lipinski definition) is 2. The fraction of sp³-hybridized carbons (Fsp3) is 0.0952. The van der Waals surface area contributed by atoms with Gasteiger partial charge in [0.15, 0.2) is 0 Å². The first-order valence-electron chi connectivity index (χ1n) is 8.79. The zero-order chi connectivity index (χ0) is 21.5. The quantitative estimate of drug-likeness (QED) is 0.455. The van der Waals surface area contributed by atoms with E-state index >= 15 is 0 Å². The Morgan fingerprint density at radius 1 is 1.07 bits per heavy atom. The third kappa shape index (κ3) is 5.48. The first-order valence-corrected chi connectivity index (χ1v) is 9.61. The fourth-order valence-corrected chi connectivity index (χ4v) is 3.48. The number of hydrazine groups is 1. The molecule has 1 heterocycles. The number of nitrogens with one attached hydrogen (secondary N) is 2. The third-order valence-corrected chi connectivity index (χ3v) is 5.08. The summed E-state index contributed by atoms with van der Waals surface area (Å²) in [6.45, 7) is -1.27. The second-order valence-corrected chi connectivity index (χ2v) is 6.99. The van der Waals surface area contributed by atoms with Gasteiger partial charge in [-0.15, -0.1) is 11.3 Å². The van der Waals surface area contributed by atoms with Crippen molar-refractivity contribution >= 4 is 29.2 Å². The standard InChI is InChI=1S/C21H17F2N3O3S/c1-13-18(30-20(24-13)15-8-3-2-4-9-15)19(28)26-25-17(27)12-11-14-7-5-6-10-16(14)29-21(22)23/h2-12,21H,1H3,(H,25,27)(H,26,28)/b12-11+. The first kappa shape index (κ1) is 21.1. The van der Waals surface area contributed by atoms with Crippen LogP contribution in [0.25, 0.3) is 16.6 Å². The molecule has 0 saturated heterocycles. The number of rotatable bonds is 6. The maximum absolute atomic E-state index is 12.4. The molecule has 0 aliphatic rings. The normalized spacial score (nSPS) is 10.9. The molecule has 1 aromatic heterocycles. The fourth-order valence-electron chi connectivity index (χ4n) is 2.52. The number of alkyl halides is 2. The van der Waals surface area contributed by atoms with Crippen LogP contribution in [0.2, 0.25) is 0 Å². The number of halogens is 2. The van der Waals surface area contributed by atoms with Crippen molar-refractivity contribution in [3.05, 3.63) is 76.8 Å². The van der Waals surface area contributed by atoms with Gasteiger partial charge >= 0.3 is 6.61 Å². The number of para-hydroxylation sites is 1. The number of carbonyl (C=O) groups is 2. The zero-order valence-electron chi connectivity index (χ0n) is 15.8. The van der Waals surface area contributed by atoms with Crippen LogP contribution in [0.3, 0.4) is 0 Å². The molecule has 0 bridgehead atoms. The summed E-state index contributed by atoms with van der Waals surface area (Å²) in [6.07, 6.45) is 2.41. The lowest BCUT2D eigenvalue weighted by atomic mass is 10.2. The summed E-state index contributed by atoms with van der Waals surface area (Å²) in [4.78, 5) is 29.1. The van der Waals surface area contributed by atoms with E-state index in [0.717, 1.165) is 11.6 Å². The minimum absolute atomic E-state index is 0.0608. The topological polar surface area (TPSA) is 80.3 Å². The maximum Gasteiger partial charge on any atom is 0.387 e. The number of carbonyl (C=O) groups excluding carboxylic acids is 2. The molecule has 0 unspecified atom stereocenters. The molecule has 0 aliphatic carbocycles. The van der Waals surface area contributed by atoms with Gasteiger partial charge in [-0.3, -0.25) is 20.4 Å². The highest BCUT2D eigenvalue weighted by Crippen LogP contribution is 2.27. The molecule has 3 rings (SSSR count). The van der Waals surface area contributed by atoms with Crippen LogP contribution in [0.4, 0.5) is 8.78 Å². The van der Waals surface area contributed by atoms with Gasteiger partial charge in [-0.05, 0) is 19.1 Å². The number of ether oxygens (including phenoxy) is 1. The molecule has 2 N–H and O–H groups in total. The van der Waals surface area contributed by atoms with E-state index in [1.54, 1.807) is 13.0 Å². The molecule has 3 aromatic rings. The molecular weight excluding hydrogens is 412 g/mol. The predicted molar refractivity (Wildman–Crippen MR) is 110 cm³/mol. The van der Waals surface area contributed by atoms with Crippen LogP contribution in [0.1, 0.15) is 20.9 Å². The summed E-state index contributed by atoms with van der Waals surface area (Å²) < 4.78 is 29.3. The van der Waals surface area contributed by atoms with Gasteiger partial charge in [-0.1, -0.05) is 48.5 Å². The van der Waals surface area contributed by atoms with Crippen LogP contribution in [0.15, 0.2) is 60.7 Å². The molecular formula is C21H17F2N3O3S. The number of aromatic nitrogens is 1. The predicted octanol–water partition coefficient (Wildman–Crippen LogP) is 4.19. The van der Waals surface area contributed by atoms with Gasteiger partial charge in [0.1, 0.15) is 15.6 Å². The summed E-state index contributed by atoms with van der Waals surface area (Å²) in [7, 11) is 0. The van der Waals surface area contributed by atoms with Crippen LogP contribution >= 0.6 is 11.3 Å². The highest BCUT2D eigenvalue weighted by molar-refractivity contribution is 7.17. The van der Waals surface area contributed by atoms with E-state index in [-0.39, 0.29) is 5.75 Å². The molecule has 30 heavy (non-hydrogen) atoms. The van der Waals surface area contributed by atoms with Gasteiger partial charge in [0.2, 0.25) is 0 Å². The SMILES string of the molecule is Cc1nc(-c2ccccc2)sc1C(=O)NNC(=O)/C=C/c1ccccc1OC(F)F. The lowest BCUT2D eigenvalue weighted by Crippen LogP contribution is -2.40. The number of hydrogen-bond acceptors (Lipinski definition) is 5. The number of nitrogens with zero attached hydrogens (tertiary/aromatic N) is 1. The Labute approximate surface area is 175 Å². The van der Waals surface area contributed by atoms with Crippen molar-refractivity contribution in [1.29, 1.82) is 0 Å². The summed E-state index contributed by atoms with van der Waals surface area (Å²) in [5, 5.41) is 0.695. The Morgan fingerprint density at radius 2 is 1.77 bits per heavy atom. The first-order chi connectivity index (χ1) is 14.4. The van der Waals surface area contributed by atoms with Crippen molar-refractivity contribution < 1.29 is 23.1 Å². The van der Waals surface area contributed by atoms with E-state index in [1.807, 2.05) is 30.3 Å². The van der Waals surface area contributed by atoms with Crippen LogP contribution in [0, 0.1) is 6.92 Å². The number of benzene rings is 2. The lowest BCUT2D eigenvalue weighted by Gasteiger charge is -2.07. The highest BCUT2D eigenvalue weighted by atomic mass is 32.1.